The predicted octanol–water partition coefficient (Wildman–Crippen LogP) is 2.38. The minimum Gasteiger partial charge on any atom is -0.464 e. The van der Waals surface area contributed by atoms with E-state index in [4.69, 9.17) is 14.9 Å². The third-order valence-electron chi connectivity index (χ3n) is 2.93. The number of esters is 1. The van der Waals surface area contributed by atoms with Gasteiger partial charge >= 0.3 is 5.97 Å². The molecule has 0 aliphatic carbocycles. The molecule has 0 unspecified atom stereocenters. The van der Waals surface area contributed by atoms with Gasteiger partial charge in [0.15, 0.2) is 0 Å². The summed E-state index contributed by atoms with van der Waals surface area (Å²) in [5.41, 5.74) is 6.48. The van der Waals surface area contributed by atoms with Crippen LogP contribution in [0.1, 0.15) is 28.8 Å². The topological polar surface area (TPSA) is 81.6 Å². The van der Waals surface area contributed by atoms with Crippen molar-refractivity contribution in [2.75, 3.05) is 24.3 Å². The molecule has 0 fully saturated rings. The van der Waals surface area contributed by atoms with Crippen molar-refractivity contribution in [3.8, 4) is 0 Å². The lowest BCUT2D eigenvalue weighted by Crippen LogP contribution is -2.21. The highest BCUT2D eigenvalue weighted by Gasteiger charge is 2.18. The van der Waals surface area contributed by atoms with Crippen LogP contribution >= 0.6 is 0 Å². The van der Waals surface area contributed by atoms with E-state index in [9.17, 15) is 4.79 Å². The van der Waals surface area contributed by atoms with Gasteiger partial charge in [-0.05, 0) is 32.0 Å². The van der Waals surface area contributed by atoms with Crippen LogP contribution in [0.3, 0.4) is 0 Å². The Hall–Kier alpha value is -2.50. The van der Waals surface area contributed by atoms with Gasteiger partial charge in [0.05, 0.1) is 25.0 Å². The molecule has 0 bridgehead atoms. The predicted molar refractivity (Wildman–Crippen MR) is 80.2 cm³/mol. The average Bonchev–Trinajstić information content (AvgIpc) is 2.84. The van der Waals surface area contributed by atoms with Crippen LogP contribution in [0.4, 0.5) is 11.5 Å². The summed E-state index contributed by atoms with van der Waals surface area (Å²) in [4.78, 5) is 18.1. The van der Waals surface area contributed by atoms with Gasteiger partial charge in [0.1, 0.15) is 22.9 Å². The molecule has 0 spiro atoms. The molecule has 2 rings (SSSR count). The Balaban J connectivity index is 2.27. The minimum absolute atomic E-state index is 0.300. The Labute approximate surface area is 123 Å². The summed E-state index contributed by atoms with van der Waals surface area (Å²) in [5, 5.41) is 0. The van der Waals surface area contributed by atoms with E-state index in [-0.39, 0.29) is 0 Å². The maximum absolute atomic E-state index is 12.0. The molecular weight excluding hydrogens is 270 g/mol. The van der Waals surface area contributed by atoms with Crippen LogP contribution in [0.2, 0.25) is 0 Å². The molecule has 2 aromatic rings. The van der Waals surface area contributed by atoms with Gasteiger partial charge in [0, 0.05) is 7.05 Å². The van der Waals surface area contributed by atoms with Crippen molar-refractivity contribution in [3.63, 3.8) is 0 Å². The van der Waals surface area contributed by atoms with Gasteiger partial charge < -0.3 is 19.8 Å². The molecule has 112 valence electrons. The first-order chi connectivity index (χ1) is 10.0. The highest BCUT2D eigenvalue weighted by molar-refractivity contribution is 5.95. The second-order valence-corrected chi connectivity index (χ2v) is 4.73. The van der Waals surface area contributed by atoms with Crippen molar-refractivity contribution >= 4 is 17.5 Å². The SMILES string of the molecule is CCOC(=O)c1cc(N)cnc1N(C)Cc1ccc(C)o1. The quantitative estimate of drug-likeness (QED) is 0.851. The summed E-state index contributed by atoms with van der Waals surface area (Å²) in [7, 11) is 1.83. The third kappa shape index (κ3) is 3.53. The number of furan rings is 1. The fraction of sp³-hybridized carbons (Fsp3) is 0.333. The van der Waals surface area contributed by atoms with Crippen molar-refractivity contribution in [1.82, 2.24) is 4.98 Å². The van der Waals surface area contributed by atoms with Crippen LogP contribution < -0.4 is 10.6 Å². The molecule has 2 aromatic heterocycles. The summed E-state index contributed by atoms with van der Waals surface area (Å²) in [6, 6.07) is 5.36. The van der Waals surface area contributed by atoms with Crippen molar-refractivity contribution < 1.29 is 13.9 Å². The molecule has 0 amide bonds. The lowest BCUT2D eigenvalue weighted by molar-refractivity contribution is 0.0526. The lowest BCUT2D eigenvalue weighted by atomic mass is 10.2. The van der Waals surface area contributed by atoms with E-state index in [1.165, 1.54) is 6.20 Å². The highest BCUT2D eigenvalue weighted by atomic mass is 16.5. The molecular formula is C15H19N3O3. The molecule has 0 aliphatic heterocycles. The van der Waals surface area contributed by atoms with Gasteiger partial charge in [-0.1, -0.05) is 0 Å². The standard InChI is InChI=1S/C15H19N3O3/c1-4-20-15(19)13-7-11(16)8-17-14(13)18(3)9-12-6-5-10(2)21-12/h5-8H,4,9,16H2,1-3H3. The Morgan fingerprint density at radius 2 is 2.24 bits per heavy atom. The molecule has 0 atom stereocenters. The second kappa shape index (κ2) is 6.30. The molecule has 6 nitrogen and oxygen atoms in total. The number of nitrogen functional groups attached to an aromatic ring is 1. The first kappa shape index (κ1) is 14.9. The monoisotopic (exact) mass is 289 g/mol. The molecule has 0 aromatic carbocycles. The summed E-state index contributed by atoms with van der Waals surface area (Å²) in [6.45, 7) is 4.44. The summed E-state index contributed by atoms with van der Waals surface area (Å²) in [5.74, 6) is 1.71. The van der Waals surface area contributed by atoms with Gasteiger partial charge in [0.2, 0.25) is 0 Å². The van der Waals surface area contributed by atoms with Crippen LogP contribution in [-0.4, -0.2) is 24.6 Å². The van der Waals surface area contributed by atoms with Gasteiger partial charge in [0.25, 0.3) is 0 Å². The molecule has 6 heteroatoms. The number of nitrogens with two attached hydrogens (primary N) is 1. The van der Waals surface area contributed by atoms with Crippen LogP contribution in [0, 0.1) is 6.92 Å². The number of anilines is 2. The third-order valence-corrected chi connectivity index (χ3v) is 2.93. The first-order valence-corrected chi connectivity index (χ1v) is 6.70. The summed E-state index contributed by atoms with van der Waals surface area (Å²) in [6.07, 6.45) is 1.52. The lowest BCUT2D eigenvalue weighted by Gasteiger charge is -2.19. The van der Waals surface area contributed by atoms with Gasteiger partial charge in [-0.15, -0.1) is 0 Å². The summed E-state index contributed by atoms with van der Waals surface area (Å²) < 4.78 is 10.6. The fourth-order valence-corrected chi connectivity index (χ4v) is 2.02. The van der Waals surface area contributed by atoms with Gasteiger partial charge in [-0.3, -0.25) is 0 Å². The van der Waals surface area contributed by atoms with Gasteiger partial charge in [-0.25, -0.2) is 9.78 Å². The molecule has 2 heterocycles. The zero-order valence-electron chi connectivity index (χ0n) is 12.4. The van der Waals surface area contributed by atoms with E-state index in [0.717, 1.165) is 11.5 Å². The smallest absolute Gasteiger partial charge is 0.341 e. The first-order valence-electron chi connectivity index (χ1n) is 6.70. The number of pyridine rings is 1. The zero-order chi connectivity index (χ0) is 15.4. The number of nitrogens with zero attached hydrogens (tertiary/aromatic N) is 2. The number of aromatic nitrogens is 1. The van der Waals surface area contributed by atoms with Crippen molar-refractivity contribution in [3.05, 3.63) is 41.5 Å². The number of carbonyl (C=O) groups excluding carboxylic acids is 1. The van der Waals surface area contributed by atoms with Crippen LogP contribution in [0.25, 0.3) is 0 Å². The number of carbonyl (C=O) groups is 1. The largest absolute Gasteiger partial charge is 0.464 e. The maximum atomic E-state index is 12.0. The van der Waals surface area contributed by atoms with Crippen LogP contribution in [0.15, 0.2) is 28.8 Å². The molecule has 0 saturated carbocycles. The molecule has 0 aliphatic rings. The second-order valence-electron chi connectivity index (χ2n) is 4.73. The Bertz CT molecular complexity index is 637. The molecule has 0 saturated heterocycles. The van der Waals surface area contributed by atoms with E-state index in [2.05, 4.69) is 4.98 Å². The maximum Gasteiger partial charge on any atom is 0.341 e. The van der Waals surface area contributed by atoms with Crippen molar-refractivity contribution in [2.45, 2.75) is 20.4 Å². The number of ether oxygens (including phenoxy) is 1. The molecule has 2 N–H and O–H groups in total. The van der Waals surface area contributed by atoms with Crippen LogP contribution in [-0.2, 0) is 11.3 Å². The Kier molecular flexibility index (Phi) is 4.47. The number of hydrogen-bond donors (Lipinski definition) is 1. The Morgan fingerprint density at radius 1 is 1.48 bits per heavy atom. The van der Waals surface area contributed by atoms with Crippen molar-refractivity contribution in [2.24, 2.45) is 0 Å². The Morgan fingerprint density at radius 3 is 2.86 bits per heavy atom. The number of rotatable bonds is 5. The van der Waals surface area contributed by atoms with E-state index in [1.54, 1.807) is 13.0 Å². The molecule has 0 radical (unpaired) electrons. The van der Waals surface area contributed by atoms with Gasteiger partial charge in [-0.2, -0.15) is 0 Å². The number of hydrogen-bond acceptors (Lipinski definition) is 6. The average molecular weight is 289 g/mol. The number of aryl methyl sites for hydroxylation is 1. The van der Waals surface area contributed by atoms with E-state index >= 15 is 0 Å². The zero-order valence-corrected chi connectivity index (χ0v) is 12.4. The minimum atomic E-state index is -0.435. The molecule has 21 heavy (non-hydrogen) atoms. The summed E-state index contributed by atoms with van der Waals surface area (Å²) >= 11 is 0. The van der Waals surface area contributed by atoms with Crippen molar-refractivity contribution in [1.29, 1.82) is 0 Å². The highest BCUT2D eigenvalue weighted by Crippen LogP contribution is 2.22. The fourth-order valence-electron chi connectivity index (χ4n) is 2.02. The van der Waals surface area contributed by atoms with E-state index < -0.39 is 5.97 Å². The normalized spacial score (nSPS) is 10.4. The van der Waals surface area contributed by atoms with E-state index in [0.29, 0.717) is 30.2 Å². The van der Waals surface area contributed by atoms with Crippen LogP contribution in [0.5, 0.6) is 0 Å². The van der Waals surface area contributed by atoms with E-state index in [1.807, 2.05) is 31.0 Å².